The maximum atomic E-state index is 11.3. The molecule has 0 aliphatic carbocycles. The summed E-state index contributed by atoms with van der Waals surface area (Å²) in [5, 5.41) is 6.13. The summed E-state index contributed by atoms with van der Waals surface area (Å²) in [5.74, 6) is 0.0199. The number of carbonyl (C=O) groups is 1. The van der Waals surface area contributed by atoms with Crippen LogP contribution >= 0.6 is 15.9 Å². The van der Waals surface area contributed by atoms with Gasteiger partial charge in [0, 0.05) is 22.3 Å². The number of carbonyl (C=O) groups excluding carboxylic acids is 1. The minimum Gasteiger partial charge on any atom is -0.355 e. The zero-order chi connectivity index (χ0) is 13.7. The fourth-order valence-electron chi connectivity index (χ4n) is 1.60. The Hall–Kier alpha value is -1.81. The van der Waals surface area contributed by atoms with Crippen LogP contribution in [0.1, 0.15) is 13.3 Å². The summed E-state index contributed by atoms with van der Waals surface area (Å²) in [4.78, 5) is 11.3. The number of anilines is 3. The number of nitrogens with one attached hydrogen (secondary N) is 2. The third-order valence-electron chi connectivity index (χ3n) is 2.64. The van der Waals surface area contributed by atoms with Gasteiger partial charge in [-0.1, -0.05) is 19.1 Å². The second-order valence-electron chi connectivity index (χ2n) is 4.08. The Labute approximate surface area is 121 Å². The van der Waals surface area contributed by atoms with Crippen LogP contribution in [0.3, 0.4) is 0 Å². The smallest absolute Gasteiger partial charge is 0.224 e. The van der Waals surface area contributed by atoms with Gasteiger partial charge in [0.15, 0.2) is 0 Å². The predicted octanol–water partition coefficient (Wildman–Crippen LogP) is 4.54. The summed E-state index contributed by atoms with van der Waals surface area (Å²) in [6.45, 7) is 1.83. The maximum Gasteiger partial charge on any atom is 0.224 e. The molecule has 0 saturated carbocycles. The molecule has 0 aliphatic heterocycles. The van der Waals surface area contributed by atoms with Crippen LogP contribution in [0, 0.1) is 0 Å². The van der Waals surface area contributed by atoms with E-state index in [1.807, 2.05) is 55.5 Å². The molecule has 2 N–H and O–H groups in total. The molecule has 0 spiro atoms. The lowest BCUT2D eigenvalue weighted by Gasteiger charge is -2.09. The topological polar surface area (TPSA) is 41.1 Å². The number of para-hydroxylation sites is 1. The molecule has 1 amide bonds. The SMILES string of the molecule is CCC(=O)Nc1ccc(Nc2ccccc2Br)cc1. The summed E-state index contributed by atoms with van der Waals surface area (Å²) in [6.07, 6.45) is 0.483. The van der Waals surface area contributed by atoms with Crippen LogP contribution in [0.15, 0.2) is 53.0 Å². The van der Waals surface area contributed by atoms with Crippen molar-refractivity contribution in [3.63, 3.8) is 0 Å². The Morgan fingerprint density at radius 3 is 2.32 bits per heavy atom. The average Bonchev–Trinajstić information content (AvgIpc) is 2.43. The zero-order valence-corrected chi connectivity index (χ0v) is 12.2. The number of benzene rings is 2. The predicted molar refractivity (Wildman–Crippen MR) is 82.8 cm³/mol. The van der Waals surface area contributed by atoms with Crippen molar-refractivity contribution in [2.24, 2.45) is 0 Å². The largest absolute Gasteiger partial charge is 0.355 e. The van der Waals surface area contributed by atoms with Crippen molar-refractivity contribution in [3.05, 3.63) is 53.0 Å². The number of hydrogen-bond acceptors (Lipinski definition) is 2. The van der Waals surface area contributed by atoms with Crippen LogP contribution in [0.5, 0.6) is 0 Å². The second kappa shape index (κ2) is 6.38. The monoisotopic (exact) mass is 318 g/mol. The van der Waals surface area contributed by atoms with Gasteiger partial charge in [0.1, 0.15) is 0 Å². The van der Waals surface area contributed by atoms with Crippen LogP contribution in [0.2, 0.25) is 0 Å². The first-order valence-electron chi connectivity index (χ1n) is 6.10. The maximum absolute atomic E-state index is 11.3. The lowest BCUT2D eigenvalue weighted by atomic mass is 10.2. The number of amides is 1. The zero-order valence-electron chi connectivity index (χ0n) is 10.6. The molecule has 0 aliphatic rings. The van der Waals surface area contributed by atoms with E-state index >= 15 is 0 Å². The van der Waals surface area contributed by atoms with Gasteiger partial charge < -0.3 is 10.6 Å². The van der Waals surface area contributed by atoms with E-state index in [1.54, 1.807) is 0 Å². The molecule has 0 fully saturated rings. The van der Waals surface area contributed by atoms with E-state index in [4.69, 9.17) is 0 Å². The molecule has 0 bridgehead atoms. The van der Waals surface area contributed by atoms with Gasteiger partial charge in [0.25, 0.3) is 0 Å². The molecule has 0 aromatic heterocycles. The van der Waals surface area contributed by atoms with Gasteiger partial charge in [-0.15, -0.1) is 0 Å². The number of rotatable bonds is 4. The van der Waals surface area contributed by atoms with Gasteiger partial charge in [0.2, 0.25) is 5.91 Å². The fourth-order valence-corrected chi connectivity index (χ4v) is 1.99. The highest BCUT2D eigenvalue weighted by Crippen LogP contribution is 2.25. The van der Waals surface area contributed by atoms with Gasteiger partial charge in [0.05, 0.1) is 5.69 Å². The van der Waals surface area contributed by atoms with Gasteiger partial charge in [-0.05, 0) is 52.3 Å². The summed E-state index contributed by atoms with van der Waals surface area (Å²) >= 11 is 3.49. The van der Waals surface area contributed by atoms with Crippen molar-refractivity contribution in [2.75, 3.05) is 10.6 Å². The Balaban J connectivity index is 2.07. The first kappa shape index (κ1) is 13.6. The molecular weight excluding hydrogens is 304 g/mol. The summed E-state index contributed by atoms with van der Waals surface area (Å²) in [7, 11) is 0. The van der Waals surface area contributed by atoms with Crippen molar-refractivity contribution in [2.45, 2.75) is 13.3 Å². The first-order valence-corrected chi connectivity index (χ1v) is 6.90. The van der Waals surface area contributed by atoms with Crippen molar-refractivity contribution in [3.8, 4) is 0 Å². The number of hydrogen-bond donors (Lipinski definition) is 2. The second-order valence-corrected chi connectivity index (χ2v) is 4.94. The Morgan fingerprint density at radius 2 is 1.68 bits per heavy atom. The van der Waals surface area contributed by atoms with Crippen LogP contribution in [0.25, 0.3) is 0 Å². The highest BCUT2D eigenvalue weighted by Gasteiger charge is 2.01. The molecular formula is C15H15BrN2O. The minimum atomic E-state index is 0.0199. The van der Waals surface area contributed by atoms with Gasteiger partial charge in [-0.25, -0.2) is 0 Å². The van der Waals surface area contributed by atoms with Gasteiger partial charge in [-0.3, -0.25) is 4.79 Å². The molecule has 0 heterocycles. The van der Waals surface area contributed by atoms with E-state index in [-0.39, 0.29) is 5.91 Å². The van der Waals surface area contributed by atoms with E-state index in [0.717, 1.165) is 21.5 Å². The molecule has 0 atom stereocenters. The molecule has 2 aromatic carbocycles. The fraction of sp³-hybridized carbons (Fsp3) is 0.133. The molecule has 4 heteroatoms. The van der Waals surface area contributed by atoms with Crippen LogP contribution in [-0.2, 0) is 4.79 Å². The third kappa shape index (κ3) is 3.83. The van der Waals surface area contributed by atoms with E-state index in [9.17, 15) is 4.79 Å². The van der Waals surface area contributed by atoms with E-state index in [0.29, 0.717) is 6.42 Å². The molecule has 0 saturated heterocycles. The molecule has 0 unspecified atom stereocenters. The van der Waals surface area contributed by atoms with E-state index < -0.39 is 0 Å². The average molecular weight is 319 g/mol. The molecule has 98 valence electrons. The van der Waals surface area contributed by atoms with Gasteiger partial charge >= 0.3 is 0 Å². The summed E-state index contributed by atoms with van der Waals surface area (Å²) < 4.78 is 1.01. The number of halogens is 1. The summed E-state index contributed by atoms with van der Waals surface area (Å²) in [6, 6.07) is 15.6. The highest BCUT2D eigenvalue weighted by atomic mass is 79.9. The van der Waals surface area contributed by atoms with Crippen molar-refractivity contribution >= 4 is 38.9 Å². The Morgan fingerprint density at radius 1 is 1.05 bits per heavy atom. The van der Waals surface area contributed by atoms with E-state index in [1.165, 1.54) is 0 Å². The molecule has 3 nitrogen and oxygen atoms in total. The van der Waals surface area contributed by atoms with Crippen molar-refractivity contribution in [1.29, 1.82) is 0 Å². The Kier molecular flexibility index (Phi) is 4.58. The first-order chi connectivity index (χ1) is 9.19. The van der Waals surface area contributed by atoms with Crippen LogP contribution in [-0.4, -0.2) is 5.91 Å². The third-order valence-corrected chi connectivity index (χ3v) is 3.33. The van der Waals surface area contributed by atoms with Crippen LogP contribution < -0.4 is 10.6 Å². The lowest BCUT2D eigenvalue weighted by Crippen LogP contribution is -2.09. The Bertz CT molecular complexity index is 567. The highest BCUT2D eigenvalue weighted by molar-refractivity contribution is 9.10. The minimum absolute atomic E-state index is 0.0199. The van der Waals surface area contributed by atoms with E-state index in [2.05, 4.69) is 26.6 Å². The molecule has 2 rings (SSSR count). The lowest BCUT2D eigenvalue weighted by molar-refractivity contribution is -0.115. The molecule has 0 radical (unpaired) electrons. The molecule has 19 heavy (non-hydrogen) atoms. The standard InChI is InChI=1S/C15H15BrN2O/c1-2-15(19)18-12-9-7-11(8-10-12)17-14-6-4-3-5-13(14)16/h3-10,17H,2H2,1H3,(H,18,19). The normalized spacial score (nSPS) is 10.0. The quantitative estimate of drug-likeness (QED) is 0.868. The van der Waals surface area contributed by atoms with Crippen molar-refractivity contribution in [1.82, 2.24) is 0 Å². The van der Waals surface area contributed by atoms with Gasteiger partial charge in [-0.2, -0.15) is 0 Å². The molecule has 2 aromatic rings. The van der Waals surface area contributed by atoms with Crippen molar-refractivity contribution < 1.29 is 4.79 Å². The van der Waals surface area contributed by atoms with Crippen LogP contribution in [0.4, 0.5) is 17.1 Å². The summed E-state index contributed by atoms with van der Waals surface area (Å²) in [5.41, 5.74) is 2.79.